The third kappa shape index (κ3) is 6.77. The first-order valence-corrected chi connectivity index (χ1v) is 12.8. The third-order valence-electron chi connectivity index (χ3n) is 5.17. The lowest BCUT2D eigenvalue weighted by molar-refractivity contribution is 0.0949. The summed E-state index contributed by atoms with van der Waals surface area (Å²) in [6.45, 7) is 3.11. The molecule has 3 rings (SSSR count). The first kappa shape index (κ1) is 24.7. The number of benzene rings is 1. The van der Waals surface area contributed by atoms with Crippen molar-refractivity contribution in [1.29, 1.82) is 0 Å². The molecule has 176 valence electrons. The zero-order chi connectivity index (χ0) is 23.8. The second-order valence-corrected chi connectivity index (χ2v) is 10.2. The van der Waals surface area contributed by atoms with Crippen LogP contribution >= 0.6 is 11.3 Å². The molecule has 1 aliphatic heterocycles. The highest BCUT2D eigenvalue weighted by molar-refractivity contribution is 7.89. The molecule has 0 saturated carbocycles. The van der Waals surface area contributed by atoms with E-state index in [0.29, 0.717) is 18.8 Å². The molecule has 0 radical (unpaired) electrons. The molecular weight excluding hydrogens is 464 g/mol. The fourth-order valence-electron chi connectivity index (χ4n) is 3.34. The second kappa shape index (κ2) is 11.3. The van der Waals surface area contributed by atoms with E-state index in [1.54, 1.807) is 22.4 Å². The number of nitrogens with one attached hydrogen (secondary N) is 2. The number of likely N-dealkylation sites (tertiary alicyclic amines) is 1. The van der Waals surface area contributed by atoms with Gasteiger partial charge in [0.2, 0.25) is 10.0 Å². The van der Waals surface area contributed by atoms with Crippen LogP contribution < -0.4 is 10.0 Å². The molecule has 1 aromatic carbocycles. The molecular formula is C22H26N4O5S2. The van der Waals surface area contributed by atoms with Crippen molar-refractivity contribution >= 4 is 33.4 Å². The van der Waals surface area contributed by atoms with Crippen molar-refractivity contribution < 1.29 is 22.7 Å². The number of hydrogen-bond donors (Lipinski definition) is 2. The summed E-state index contributed by atoms with van der Waals surface area (Å²) < 4.78 is 32.0. The van der Waals surface area contributed by atoms with Crippen molar-refractivity contribution in [3.8, 4) is 12.3 Å². The van der Waals surface area contributed by atoms with Gasteiger partial charge in [-0.25, -0.2) is 22.9 Å². The number of nitrogens with zero attached hydrogens (tertiary/aromatic N) is 2. The minimum atomic E-state index is -3.63. The van der Waals surface area contributed by atoms with Crippen LogP contribution in [0.1, 0.15) is 39.8 Å². The van der Waals surface area contributed by atoms with Gasteiger partial charge in [0.1, 0.15) is 5.69 Å². The third-order valence-corrected chi connectivity index (χ3v) is 7.65. The average Bonchev–Trinajstić information content (AvgIpc) is 3.31. The van der Waals surface area contributed by atoms with Crippen LogP contribution in [0.3, 0.4) is 0 Å². The number of ether oxygens (including phenoxy) is 1. The van der Waals surface area contributed by atoms with Crippen molar-refractivity contribution in [3.63, 3.8) is 0 Å². The number of amides is 2. The number of aromatic nitrogens is 1. The average molecular weight is 491 g/mol. The highest BCUT2D eigenvalue weighted by Gasteiger charge is 2.27. The molecule has 2 heterocycles. The van der Waals surface area contributed by atoms with Gasteiger partial charge in [-0.3, -0.25) is 4.79 Å². The maximum atomic E-state index is 12.4. The molecule has 1 fully saturated rings. The molecule has 2 N–H and O–H groups in total. The number of hydrogen-bond acceptors (Lipinski definition) is 7. The Labute approximate surface area is 197 Å². The highest BCUT2D eigenvalue weighted by atomic mass is 32.2. The lowest BCUT2D eigenvalue weighted by Crippen LogP contribution is -2.38. The van der Waals surface area contributed by atoms with Gasteiger partial charge in [0.15, 0.2) is 6.61 Å². The van der Waals surface area contributed by atoms with E-state index < -0.39 is 16.1 Å². The van der Waals surface area contributed by atoms with Gasteiger partial charge in [-0.1, -0.05) is 23.6 Å². The molecule has 0 bridgehead atoms. The van der Waals surface area contributed by atoms with Gasteiger partial charge in [-0.05, 0) is 31.9 Å². The predicted molar refractivity (Wildman–Crippen MR) is 125 cm³/mol. The summed E-state index contributed by atoms with van der Waals surface area (Å²) in [5.41, 5.74) is 1.27. The van der Waals surface area contributed by atoms with Crippen LogP contribution in [0.5, 0.6) is 0 Å². The fourth-order valence-corrected chi connectivity index (χ4v) is 5.34. The maximum absolute atomic E-state index is 12.4. The number of carbonyl (C=O) groups is 2. The molecule has 33 heavy (non-hydrogen) atoms. The van der Waals surface area contributed by atoms with E-state index in [-0.39, 0.29) is 36.4 Å². The lowest BCUT2D eigenvalue weighted by Gasteiger charge is -2.30. The molecule has 11 heteroatoms. The van der Waals surface area contributed by atoms with Crippen LogP contribution in [-0.4, -0.2) is 63.1 Å². The molecule has 1 saturated heterocycles. The Morgan fingerprint density at radius 2 is 1.94 bits per heavy atom. The van der Waals surface area contributed by atoms with Crippen molar-refractivity contribution in [3.05, 3.63) is 45.9 Å². The Morgan fingerprint density at radius 1 is 1.24 bits per heavy atom. The molecule has 0 spiro atoms. The van der Waals surface area contributed by atoms with Crippen molar-refractivity contribution in [2.24, 2.45) is 0 Å². The molecule has 1 aromatic heterocycles. The minimum absolute atomic E-state index is 0.0445. The Hall–Kier alpha value is -2.94. The van der Waals surface area contributed by atoms with Crippen LogP contribution in [0.25, 0.3) is 0 Å². The van der Waals surface area contributed by atoms with Gasteiger partial charge in [-0.2, -0.15) is 0 Å². The first-order valence-electron chi connectivity index (χ1n) is 10.5. The summed E-state index contributed by atoms with van der Waals surface area (Å²) in [6.07, 6.45) is 6.13. The minimum Gasteiger partial charge on any atom is -0.436 e. The number of thiazole rings is 1. The van der Waals surface area contributed by atoms with Crippen molar-refractivity contribution in [2.75, 3.05) is 32.8 Å². The summed E-state index contributed by atoms with van der Waals surface area (Å²) in [6, 6.07) is 6.53. The van der Waals surface area contributed by atoms with Gasteiger partial charge in [-0.15, -0.1) is 17.8 Å². The molecule has 0 atom stereocenters. The van der Waals surface area contributed by atoms with Gasteiger partial charge >= 0.3 is 6.09 Å². The number of terminal acetylenes is 1. The van der Waals surface area contributed by atoms with Crippen LogP contribution in [-0.2, 0) is 14.8 Å². The number of carbonyl (C=O) groups excluding carboxylic acids is 2. The molecule has 1 aliphatic rings. The Kier molecular flexibility index (Phi) is 8.43. The van der Waals surface area contributed by atoms with Crippen LogP contribution in [0, 0.1) is 19.3 Å². The largest absolute Gasteiger partial charge is 0.436 e. The number of piperidine rings is 1. The zero-order valence-corrected chi connectivity index (χ0v) is 19.9. The summed E-state index contributed by atoms with van der Waals surface area (Å²) in [5, 5.41) is 5.22. The van der Waals surface area contributed by atoms with E-state index in [1.807, 2.05) is 6.92 Å². The van der Waals surface area contributed by atoms with E-state index in [1.165, 1.54) is 23.5 Å². The number of rotatable bonds is 8. The fraction of sp³-hybridized carbons (Fsp3) is 0.409. The van der Waals surface area contributed by atoms with E-state index in [4.69, 9.17) is 11.2 Å². The Bertz CT molecular complexity index is 1110. The van der Waals surface area contributed by atoms with Gasteiger partial charge in [0.05, 0.1) is 9.90 Å². The molecule has 2 aromatic rings. The molecule has 9 nitrogen and oxygen atoms in total. The molecule has 0 aliphatic carbocycles. The smallest absolute Gasteiger partial charge is 0.410 e. The van der Waals surface area contributed by atoms with E-state index >= 15 is 0 Å². The number of sulfonamides is 1. The predicted octanol–water partition coefficient (Wildman–Crippen LogP) is 2.11. The quantitative estimate of drug-likeness (QED) is 0.432. The normalized spacial score (nSPS) is 14.5. The van der Waals surface area contributed by atoms with Crippen molar-refractivity contribution in [1.82, 2.24) is 19.9 Å². The number of aryl methyl sites for hydroxylation is 1. The summed E-state index contributed by atoms with van der Waals surface area (Å²) in [7, 11) is -3.63. The van der Waals surface area contributed by atoms with E-state index in [9.17, 15) is 18.0 Å². The van der Waals surface area contributed by atoms with E-state index in [0.717, 1.165) is 23.4 Å². The monoisotopic (exact) mass is 490 g/mol. The van der Waals surface area contributed by atoms with Crippen LogP contribution in [0.15, 0.2) is 34.5 Å². The second-order valence-electron chi connectivity index (χ2n) is 7.56. The standard InChI is InChI=1S/C22H26N4O5S2/c1-3-14-31-22(28)26-12-8-17(9-13-26)21-25-19(15-32-21)20(27)23-10-11-24-33(29,30)18-6-4-16(2)5-7-18/h1,4-7,15,17,24H,8-14H2,2H3,(H,23,27). The van der Waals surface area contributed by atoms with Crippen LogP contribution in [0.2, 0.25) is 0 Å². The molecule has 2 amide bonds. The zero-order valence-electron chi connectivity index (χ0n) is 18.2. The van der Waals surface area contributed by atoms with Gasteiger partial charge < -0.3 is 15.0 Å². The maximum Gasteiger partial charge on any atom is 0.410 e. The van der Waals surface area contributed by atoms with Gasteiger partial charge in [0, 0.05) is 37.5 Å². The van der Waals surface area contributed by atoms with E-state index in [2.05, 4.69) is 20.9 Å². The Morgan fingerprint density at radius 3 is 2.61 bits per heavy atom. The topological polar surface area (TPSA) is 118 Å². The highest BCUT2D eigenvalue weighted by Crippen LogP contribution is 2.30. The Balaban J connectivity index is 1.43. The van der Waals surface area contributed by atoms with Crippen molar-refractivity contribution in [2.45, 2.75) is 30.6 Å². The summed E-state index contributed by atoms with van der Waals surface area (Å²) in [4.78, 5) is 30.5. The lowest BCUT2D eigenvalue weighted by atomic mass is 9.98. The molecule has 0 unspecified atom stereocenters. The summed E-state index contributed by atoms with van der Waals surface area (Å²) >= 11 is 1.41. The SMILES string of the molecule is C#CCOC(=O)N1CCC(c2nc(C(=O)NCCNS(=O)(=O)c3ccc(C)cc3)cs2)CC1. The summed E-state index contributed by atoms with van der Waals surface area (Å²) in [5.74, 6) is 2.07. The first-order chi connectivity index (χ1) is 15.8. The van der Waals surface area contributed by atoms with Crippen LogP contribution in [0.4, 0.5) is 4.79 Å². The van der Waals surface area contributed by atoms with Gasteiger partial charge in [0.25, 0.3) is 5.91 Å².